The van der Waals surface area contributed by atoms with Crippen LogP contribution in [0.1, 0.15) is 35.8 Å². The van der Waals surface area contributed by atoms with Crippen LogP contribution in [0, 0.1) is 5.82 Å². The van der Waals surface area contributed by atoms with Crippen molar-refractivity contribution in [1.82, 2.24) is 24.7 Å². The fraction of sp³-hybridized carbons (Fsp3) is 0.269. The molecule has 1 aliphatic rings. The highest BCUT2D eigenvalue weighted by Gasteiger charge is 2.25. The van der Waals surface area contributed by atoms with Gasteiger partial charge in [-0.05, 0) is 49.7 Å². The number of nitrogens with one attached hydrogen (secondary N) is 1. The van der Waals surface area contributed by atoms with E-state index in [9.17, 15) is 9.18 Å². The van der Waals surface area contributed by atoms with Crippen LogP contribution >= 0.6 is 0 Å². The van der Waals surface area contributed by atoms with Crippen LogP contribution in [0.2, 0.25) is 0 Å². The van der Waals surface area contributed by atoms with E-state index < -0.39 is 17.8 Å². The molecule has 0 fully saturated rings. The molecule has 4 heterocycles. The molecule has 1 N–H and O–H groups in total. The highest BCUT2D eigenvalue weighted by Crippen LogP contribution is 2.34. The molecule has 1 amide bonds. The number of ether oxygens (including phenoxy) is 3. The van der Waals surface area contributed by atoms with E-state index in [0.29, 0.717) is 18.1 Å². The van der Waals surface area contributed by atoms with E-state index in [-0.39, 0.29) is 42.1 Å². The molecule has 4 aromatic rings. The van der Waals surface area contributed by atoms with Gasteiger partial charge >= 0.3 is 0 Å². The first-order valence-corrected chi connectivity index (χ1v) is 11.8. The molecule has 10 nitrogen and oxygen atoms in total. The molecule has 37 heavy (non-hydrogen) atoms. The smallest absolute Gasteiger partial charge is 0.259 e. The van der Waals surface area contributed by atoms with Crippen molar-refractivity contribution in [3.05, 3.63) is 78.1 Å². The summed E-state index contributed by atoms with van der Waals surface area (Å²) < 4.78 is 33.9. The SMILES string of the molecule is CC(C)n1cnnc1-c1cccc(NC(=O)c2cc3c(cc2F)OCC(COCc2ccncc2)O3)n1. The molecule has 1 unspecified atom stereocenters. The summed E-state index contributed by atoms with van der Waals surface area (Å²) in [5.41, 5.74) is 1.31. The quantitative estimate of drug-likeness (QED) is 0.382. The summed E-state index contributed by atoms with van der Waals surface area (Å²) >= 11 is 0. The second kappa shape index (κ2) is 10.7. The number of hydrogen-bond acceptors (Lipinski definition) is 8. The lowest BCUT2D eigenvalue weighted by Crippen LogP contribution is -2.33. The molecule has 0 bridgehead atoms. The second-order valence-corrected chi connectivity index (χ2v) is 8.72. The minimum atomic E-state index is -0.733. The zero-order valence-electron chi connectivity index (χ0n) is 20.3. The fourth-order valence-electron chi connectivity index (χ4n) is 3.80. The van der Waals surface area contributed by atoms with Crippen LogP contribution < -0.4 is 14.8 Å². The number of amides is 1. The molecule has 1 aromatic carbocycles. The molecule has 3 aromatic heterocycles. The Morgan fingerprint density at radius 2 is 2.05 bits per heavy atom. The molecule has 1 aliphatic heterocycles. The van der Waals surface area contributed by atoms with Gasteiger partial charge < -0.3 is 24.1 Å². The Morgan fingerprint density at radius 3 is 2.86 bits per heavy atom. The third kappa shape index (κ3) is 5.56. The summed E-state index contributed by atoms with van der Waals surface area (Å²) in [7, 11) is 0. The Balaban J connectivity index is 1.27. The number of anilines is 1. The number of rotatable bonds is 8. The number of aromatic nitrogens is 5. The number of fused-ring (bicyclic) bond motifs is 1. The first-order chi connectivity index (χ1) is 18.0. The average molecular weight is 505 g/mol. The minimum Gasteiger partial charge on any atom is -0.486 e. The molecule has 0 radical (unpaired) electrons. The van der Waals surface area contributed by atoms with Gasteiger partial charge in [-0.3, -0.25) is 9.78 Å². The first kappa shape index (κ1) is 24.3. The van der Waals surface area contributed by atoms with Crippen LogP contribution in [0.4, 0.5) is 10.2 Å². The molecule has 1 atom stereocenters. The van der Waals surface area contributed by atoms with Crippen LogP contribution in [0.3, 0.4) is 0 Å². The third-order valence-electron chi connectivity index (χ3n) is 5.67. The lowest BCUT2D eigenvalue weighted by Gasteiger charge is -2.27. The lowest BCUT2D eigenvalue weighted by atomic mass is 10.1. The van der Waals surface area contributed by atoms with Gasteiger partial charge in [-0.15, -0.1) is 10.2 Å². The third-order valence-corrected chi connectivity index (χ3v) is 5.67. The van der Waals surface area contributed by atoms with Gasteiger partial charge in [0, 0.05) is 24.5 Å². The Hall–Kier alpha value is -4.38. The van der Waals surface area contributed by atoms with Gasteiger partial charge in [0.15, 0.2) is 23.4 Å². The normalized spacial score (nSPS) is 14.5. The zero-order chi connectivity index (χ0) is 25.8. The highest BCUT2D eigenvalue weighted by atomic mass is 19.1. The predicted octanol–water partition coefficient (Wildman–Crippen LogP) is 4.06. The van der Waals surface area contributed by atoms with Crippen molar-refractivity contribution in [3.63, 3.8) is 0 Å². The molecule has 0 saturated heterocycles. The summed E-state index contributed by atoms with van der Waals surface area (Å²) in [6, 6.07) is 11.4. The van der Waals surface area contributed by atoms with Crippen LogP contribution in [-0.2, 0) is 11.3 Å². The predicted molar refractivity (Wildman–Crippen MR) is 132 cm³/mol. The Labute approximate surface area is 212 Å². The van der Waals surface area contributed by atoms with Crippen molar-refractivity contribution >= 4 is 11.7 Å². The van der Waals surface area contributed by atoms with Gasteiger partial charge in [-0.25, -0.2) is 9.37 Å². The number of halogens is 1. The number of nitrogens with zero attached hydrogens (tertiary/aromatic N) is 5. The van der Waals surface area contributed by atoms with Crippen LogP contribution in [0.15, 0.2) is 61.2 Å². The molecule has 5 rings (SSSR count). The second-order valence-electron chi connectivity index (χ2n) is 8.72. The molecule has 0 spiro atoms. The summed E-state index contributed by atoms with van der Waals surface area (Å²) in [5.74, 6) is -0.0983. The highest BCUT2D eigenvalue weighted by molar-refractivity contribution is 6.04. The summed E-state index contributed by atoms with van der Waals surface area (Å²) in [4.78, 5) is 21.4. The minimum absolute atomic E-state index is 0.127. The molecule has 0 saturated carbocycles. The number of hydrogen-bond donors (Lipinski definition) is 1. The van der Waals surface area contributed by atoms with Crippen molar-refractivity contribution in [2.75, 3.05) is 18.5 Å². The van der Waals surface area contributed by atoms with Crippen molar-refractivity contribution in [1.29, 1.82) is 0 Å². The van der Waals surface area contributed by atoms with Gasteiger partial charge in [0.05, 0.1) is 18.8 Å². The summed E-state index contributed by atoms with van der Waals surface area (Å²) in [6.07, 6.45) is 4.60. The van der Waals surface area contributed by atoms with Gasteiger partial charge in [0.2, 0.25) is 0 Å². The van der Waals surface area contributed by atoms with Gasteiger partial charge in [0.1, 0.15) is 30.3 Å². The van der Waals surface area contributed by atoms with Gasteiger partial charge in [-0.1, -0.05) is 6.07 Å². The average Bonchev–Trinajstić information content (AvgIpc) is 3.40. The summed E-state index contributed by atoms with van der Waals surface area (Å²) in [5, 5.41) is 10.7. The zero-order valence-corrected chi connectivity index (χ0v) is 20.3. The first-order valence-electron chi connectivity index (χ1n) is 11.8. The number of carbonyl (C=O) groups excluding carboxylic acids is 1. The molecule has 0 aliphatic carbocycles. The Morgan fingerprint density at radius 1 is 1.22 bits per heavy atom. The fourth-order valence-corrected chi connectivity index (χ4v) is 3.80. The standard InChI is InChI=1S/C26H25FN6O4/c1-16(2)33-15-29-32-25(33)21-4-3-5-24(30-21)31-26(34)19-10-23-22(11-20(19)27)36-14-18(37-23)13-35-12-17-6-8-28-9-7-17/h3-11,15-16,18H,12-14H2,1-2H3,(H,30,31,34). The number of carbonyl (C=O) groups is 1. The van der Waals surface area contributed by atoms with Crippen LogP contribution in [0.25, 0.3) is 11.5 Å². The van der Waals surface area contributed by atoms with E-state index >= 15 is 0 Å². The van der Waals surface area contributed by atoms with Crippen molar-refractivity contribution in [2.45, 2.75) is 32.6 Å². The molecular weight excluding hydrogens is 479 g/mol. The topological polar surface area (TPSA) is 113 Å². The molecular formula is C26H25FN6O4. The number of pyridine rings is 2. The van der Waals surface area contributed by atoms with E-state index in [2.05, 4.69) is 25.5 Å². The van der Waals surface area contributed by atoms with Crippen LogP contribution in [-0.4, -0.2) is 50.0 Å². The van der Waals surface area contributed by atoms with Crippen molar-refractivity contribution < 1.29 is 23.4 Å². The maximum Gasteiger partial charge on any atom is 0.259 e. The Bertz CT molecular complexity index is 1400. The summed E-state index contributed by atoms with van der Waals surface area (Å²) in [6.45, 7) is 4.86. The lowest BCUT2D eigenvalue weighted by molar-refractivity contribution is 0.00248. The van der Waals surface area contributed by atoms with Gasteiger partial charge in [0.25, 0.3) is 5.91 Å². The van der Waals surface area contributed by atoms with Crippen molar-refractivity contribution in [3.8, 4) is 23.0 Å². The van der Waals surface area contributed by atoms with E-state index in [4.69, 9.17) is 14.2 Å². The maximum atomic E-state index is 14.8. The van der Waals surface area contributed by atoms with Crippen LogP contribution in [0.5, 0.6) is 11.5 Å². The van der Waals surface area contributed by atoms with E-state index in [1.54, 1.807) is 36.9 Å². The number of benzene rings is 1. The van der Waals surface area contributed by atoms with E-state index in [0.717, 1.165) is 11.6 Å². The molecule has 190 valence electrons. The van der Waals surface area contributed by atoms with E-state index in [1.807, 2.05) is 30.5 Å². The monoisotopic (exact) mass is 504 g/mol. The van der Waals surface area contributed by atoms with Crippen molar-refractivity contribution in [2.24, 2.45) is 0 Å². The molecule has 11 heteroatoms. The van der Waals surface area contributed by atoms with E-state index in [1.165, 1.54) is 6.07 Å². The maximum absolute atomic E-state index is 14.8. The largest absolute Gasteiger partial charge is 0.486 e. The van der Waals surface area contributed by atoms with Gasteiger partial charge in [-0.2, -0.15) is 0 Å². The Kier molecular flexibility index (Phi) is 7.04.